The Labute approximate surface area is 128 Å². The first-order valence-electron chi connectivity index (χ1n) is 6.37. The van der Waals surface area contributed by atoms with E-state index in [0.29, 0.717) is 28.5 Å². The number of Topliss-reactive ketones (excluding diaryl/α,β-unsaturated/α-hetero) is 1. The maximum Gasteiger partial charge on any atom is 0.173 e. The van der Waals surface area contributed by atoms with Crippen molar-refractivity contribution in [1.82, 2.24) is 0 Å². The lowest BCUT2D eigenvalue weighted by atomic mass is 10.1. The summed E-state index contributed by atoms with van der Waals surface area (Å²) >= 11 is 1.45. The Balaban J connectivity index is 2.04. The second-order valence-electron chi connectivity index (χ2n) is 4.35. The Hall–Kier alpha value is -2.14. The van der Waals surface area contributed by atoms with E-state index in [1.165, 1.54) is 11.8 Å². The topological polar surface area (TPSA) is 61.5 Å². The van der Waals surface area contributed by atoms with Gasteiger partial charge in [-0.2, -0.15) is 0 Å². The van der Waals surface area contributed by atoms with Crippen LogP contribution in [0.5, 0.6) is 11.5 Å². The van der Waals surface area contributed by atoms with E-state index >= 15 is 0 Å². The molecule has 0 amide bonds. The first kappa shape index (κ1) is 15.3. The van der Waals surface area contributed by atoms with Crippen LogP contribution in [0.2, 0.25) is 0 Å². The van der Waals surface area contributed by atoms with E-state index in [1.807, 2.05) is 18.2 Å². The first-order valence-corrected chi connectivity index (χ1v) is 7.36. The first-order chi connectivity index (χ1) is 10.1. The van der Waals surface area contributed by atoms with Gasteiger partial charge in [0.2, 0.25) is 0 Å². The number of nitrogen functional groups attached to an aromatic ring is 1. The molecular weight excluding hydrogens is 286 g/mol. The molecule has 2 rings (SSSR count). The standard InChI is InChI=1S/C16H17NO3S/c1-19-15-7-6-13(9-16(15)20-2)21-10-14(18)11-4-3-5-12(17)8-11/h3-9H,10,17H2,1-2H3. The number of rotatable bonds is 6. The molecule has 110 valence electrons. The fourth-order valence-electron chi connectivity index (χ4n) is 1.85. The number of thioether (sulfide) groups is 1. The molecule has 0 bridgehead atoms. The lowest BCUT2D eigenvalue weighted by Crippen LogP contribution is -2.03. The number of nitrogens with two attached hydrogens (primary N) is 1. The number of hydrogen-bond donors (Lipinski definition) is 1. The summed E-state index contributed by atoms with van der Waals surface area (Å²) in [5, 5.41) is 0. The Bertz CT molecular complexity index is 643. The van der Waals surface area contributed by atoms with Gasteiger partial charge in [-0.3, -0.25) is 4.79 Å². The highest BCUT2D eigenvalue weighted by Crippen LogP contribution is 2.32. The third-order valence-corrected chi connectivity index (χ3v) is 3.93. The van der Waals surface area contributed by atoms with Crippen LogP contribution in [0.25, 0.3) is 0 Å². The van der Waals surface area contributed by atoms with Crippen LogP contribution in [-0.4, -0.2) is 25.8 Å². The van der Waals surface area contributed by atoms with Crippen molar-refractivity contribution in [2.75, 3.05) is 25.7 Å². The van der Waals surface area contributed by atoms with Gasteiger partial charge in [0.05, 0.1) is 20.0 Å². The molecule has 0 aromatic heterocycles. The number of ether oxygens (including phenoxy) is 2. The zero-order chi connectivity index (χ0) is 15.2. The molecule has 0 aliphatic rings. The van der Waals surface area contributed by atoms with Crippen molar-refractivity contribution in [2.24, 2.45) is 0 Å². The fourth-order valence-corrected chi connectivity index (χ4v) is 2.67. The van der Waals surface area contributed by atoms with E-state index in [-0.39, 0.29) is 5.78 Å². The Morgan fingerprint density at radius 2 is 1.86 bits per heavy atom. The van der Waals surface area contributed by atoms with Gasteiger partial charge >= 0.3 is 0 Å². The molecule has 0 fully saturated rings. The predicted molar refractivity (Wildman–Crippen MR) is 85.5 cm³/mol. The summed E-state index contributed by atoms with van der Waals surface area (Å²) in [6.45, 7) is 0. The summed E-state index contributed by atoms with van der Waals surface area (Å²) in [5.74, 6) is 1.71. The van der Waals surface area contributed by atoms with Crippen LogP contribution < -0.4 is 15.2 Å². The van der Waals surface area contributed by atoms with Crippen molar-refractivity contribution in [3.05, 3.63) is 48.0 Å². The molecule has 2 aromatic rings. The van der Waals surface area contributed by atoms with Crippen molar-refractivity contribution in [3.63, 3.8) is 0 Å². The highest BCUT2D eigenvalue weighted by molar-refractivity contribution is 8.00. The number of carbonyl (C=O) groups excluding carboxylic acids is 1. The average molecular weight is 303 g/mol. The van der Waals surface area contributed by atoms with Crippen molar-refractivity contribution in [2.45, 2.75) is 4.90 Å². The van der Waals surface area contributed by atoms with Gasteiger partial charge < -0.3 is 15.2 Å². The van der Waals surface area contributed by atoms with Crippen molar-refractivity contribution < 1.29 is 14.3 Å². The minimum atomic E-state index is 0.0436. The van der Waals surface area contributed by atoms with Gasteiger partial charge in [0.1, 0.15) is 0 Å². The van der Waals surface area contributed by atoms with E-state index in [4.69, 9.17) is 15.2 Å². The average Bonchev–Trinajstić information content (AvgIpc) is 2.52. The number of benzene rings is 2. The molecule has 0 heterocycles. The normalized spacial score (nSPS) is 10.2. The van der Waals surface area contributed by atoms with E-state index in [2.05, 4.69) is 0 Å². The summed E-state index contributed by atoms with van der Waals surface area (Å²) in [5.41, 5.74) is 6.91. The van der Waals surface area contributed by atoms with Gasteiger partial charge in [-0.1, -0.05) is 12.1 Å². The van der Waals surface area contributed by atoms with Crippen LogP contribution in [-0.2, 0) is 0 Å². The minimum absolute atomic E-state index is 0.0436. The van der Waals surface area contributed by atoms with Crippen LogP contribution in [0.1, 0.15) is 10.4 Å². The fraction of sp³-hybridized carbons (Fsp3) is 0.188. The molecule has 0 saturated carbocycles. The van der Waals surface area contributed by atoms with Gasteiger partial charge in [0.15, 0.2) is 17.3 Å². The van der Waals surface area contributed by atoms with Crippen LogP contribution in [0.3, 0.4) is 0 Å². The van der Waals surface area contributed by atoms with Gasteiger partial charge in [0.25, 0.3) is 0 Å². The Kier molecular flexibility index (Phi) is 5.11. The molecule has 0 aliphatic heterocycles. The summed E-state index contributed by atoms with van der Waals surface area (Å²) in [4.78, 5) is 13.1. The summed E-state index contributed by atoms with van der Waals surface area (Å²) in [6, 6.07) is 12.6. The Morgan fingerprint density at radius 1 is 1.10 bits per heavy atom. The van der Waals surface area contributed by atoms with Crippen LogP contribution in [0, 0.1) is 0 Å². The monoisotopic (exact) mass is 303 g/mol. The third-order valence-electron chi connectivity index (χ3n) is 2.93. The smallest absolute Gasteiger partial charge is 0.173 e. The van der Waals surface area contributed by atoms with Crippen LogP contribution in [0.4, 0.5) is 5.69 Å². The number of hydrogen-bond acceptors (Lipinski definition) is 5. The number of ketones is 1. The summed E-state index contributed by atoms with van der Waals surface area (Å²) in [7, 11) is 3.18. The zero-order valence-electron chi connectivity index (χ0n) is 12.0. The molecule has 21 heavy (non-hydrogen) atoms. The van der Waals surface area contributed by atoms with E-state index in [9.17, 15) is 4.79 Å². The lowest BCUT2D eigenvalue weighted by Gasteiger charge is -2.09. The quantitative estimate of drug-likeness (QED) is 0.504. The van der Waals surface area contributed by atoms with Gasteiger partial charge in [-0.25, -0.2) is 0 Å². The van der Waals surface area contributed by atoms with Gasteiger partial charge in [-0.05, 0) is 30.3 Å². The largest absolute Gasteiger partial charge is 0.493 e. The summed E-state index contributed by atoms with van der Waals surface area (Å²) < 4.78 is 10.4. The molecule has 0 spiro atoms. The molecule has 0 unspecified atom stereocenters. The van der Waals surface area contributed by atoms with E-state index < -0.39 is 0 Å². The zero-order valence-corrected chi connectivity index (χ0v) is 12.8. The minimum Gasteiger partial charge on any atom is -0.493 e. The number of methoxy groups -OCH3 is 2. The molecule has 4 nitrogen and oxygen atoms in total. The summed E-state index contributed by atoms with van der Waals surface area (Å²) in [6.07, 6.45) is 0. The molecule has 5 heteroatoms. The van der Waals surface area contributed by atoms with Crippen LogP contribution >= 0.6 is 11.8 Å². The molecule has 0 saturated heterocycles. The maximum absolute atomic E-state index is 12.1. The Morgan fingerprint density at radius 3 is 2.52 bits per heavy atom. The molecule has 0 atom stereocenters. The number of anilines is 1. The van der Waals surface area contributed by atoms with Crippen LogP contribution in [0.15, 0.2) is 47.4 Å². The predicted octanol–water partition coefficient (Wildman–Crippen LogP) is 3.26. The molecule has 0 aliphatic carbocycles. The van der Waals surface area contributed by atoms with E-state index in [0.717, 1.165) is 4.90 Å². The van der Waals surface area contributed by atoms with Gasteiger partial charge in [0, 0.05) is 16.1 Å². The SMILES string of the molecule is COc1ccc(SCC(=O)c2cccc(N)c2)cc1OC. The van der Waals surface area contributed by atoms with Gasteiger partial charge in [-0.15, -0.1) is 11.8 Å². The van der Waals surface area contributed by atoms with E-state index in [1.54, 1.807) is 38.5 Å². The maximum atomic E-state index is 12.1. The van der Waals surface area contributed by atoms with Crippen molar-refractivity contribution in [3.8, 4) is 11.5 Å². The molecule has 2 N–H and O–H groups in total. The second-order valence-corrected chi connectivity index (χ2v) is 5.40. The lowest BCUT2D eigenvalue weighted by molar-refractivity contribution is 0.102. The number of carbonyl (C=O) groups is 1. The third kappa shape index (κ3) is 3.92. The molecular formula is C16H17NO3S. The van der Waals surface area contributed by atoms with Crippen molar-refractivity contribution >= 4 is 23.2 Å². The highest BCUT2D eigenvalue weighted by Gasteiger charge is 2.09. The highest BCUT2D eigenvalue weighted by atomic mass is 32.2. The molecule has 2 aromatic carbocycles. The second kappa shape index (κ2) is 7.04. The van der Waals surface area contributed by atoms with Crippen molar-refractivity contribution in [1.29, 1.82) is 0 Å². The molecule has 0 radical (unpaired) electrons.